The molecule has 0 aromatic carbocycles. The lowest BCUT2D eigenvalue weighted by atomic mass is 10.7. The molecule has 0 aliphatic carbocycles. The van der Waals surface area contributed by atoms with E-state index in [4.69, 9.17) is 0 Å². The minimum Gasteiger partial charge on any atom is -0.312 e. The lowest BCUT2D eigenvalue weighted by Gasteiger charge is -2.32. The van der Waals surface area contributed by atoms with Crippen molar-refractivity contribution in [1.82, 2.24) is 9.13 Å². The van der Waals surface area contributed by atoms with Crippen LogP contribution in [0.2, 0.25) is 6.55 Å². The molecule has 0 aromatic heterocycles. The minimum atomic E-state index is -0.403. The molecule has 0 fully saturated rings. The zero-order valence-electron chi connectivity index (χ0n) is 9.22. The number of rotatable bonds is 6. The van der Waals surface area contributed by atoms with Crippen molar-refractivity contribution in [2.75, 3.05) is 26.2 Å². The number of nitrogens with zero attached hydrogens (tertiary/aromatic N) is 2. The fourth-order valence-electron chi connectivity index (χ4n) is 1.56. The molecule has 0 amide bonds. The molecule has 1 radical (unpaired) electrons. The van der Waals surface area contributed by atoms with Crippen molar-refractivity contribution in [1.29, 1.82) is 0 Å². The highest BCUT2D eigenvalue weighted by Gasteiger charge is 2.18. The van der Waals surface area contributed by atoms with Crippen LogP contribution in [0.15, 0.2) is 0 Å². The predicted octanol–water partition coefficient (Wildman–Crippen LogP) is 1.79. The molecule has 0 atom stereocenters. The minimum absolute atomic E-state index is 0.403. The second-order valence-corrected chi connectivity index (χ2v) is 5.25. The normalized spacial score (nSPS) is 12.0. The van der Waals surface area contributed by atoms with Crippen LogP contribution < -0.4 is 0 Å². The summed E-state index contributed by atoms with van der Waals surface area (Å²) in [4.78, 5) is 0. The molecular weight excluding hydrogens is 164 g/mol. The predicted molar refractivity (Wildman–Crippen MR) is 57.5 cm³/mol. The summed E-state index contributed by atoms with van der Waals surface area (Å²) >= 11 is 0. The quantitative estimate of drug-likeness (QED) is 0.585. The van der Waals surface area contributed by atoms with E-state index in [1.165, 1.54) is 26.2 Å². The van der Waals surface area contributed by atoms with Crippen molar-refractivity contribution in [2.45, 2.75) is 34.2 Å². The van der Waals surface area contributed by atoms with Crippen LogP contribution in [-0.4, -0.2) is 44.4 Å². The van der Waals surface area contributed by atoms with E-state index in [0.717, 1.165) is 0 Å². The first-order valence-corrected chi connectivity index (χ1v) is 6.93. The average Bonchev–Trinajstić information content (AvgIpc) is 2.09. The second kappa shape index (κ2) is 6.63. The average molecular weight is 187 g/mol. The Balaban J connectivity index is 4.02. The van der Waals surface area contributed by atoms with E-state index in [1.807, 2.05) is 0 Å². The molecule has 73 valence electrons. The number of hydrogen-bond acceptors (Lipinski definition) is 2. The van der Waals surface area contributed by atoms with Gasteiger partial charge >= 0.3 is 0 Å². The van der Waals surface area contributed by atoms with Gasteiger partial charge in [-0.2, -0.15) is 0 Å². The maximum Gasteiger partial charge on any atom is 0.226 e. The summed E-state index contributed by atoms with van der Waals surface area (Å²) < 4.78 is 5.16. The molecule has 2 nitrogen and oxygen atoms in total. The van der Waals surface area contributed by atoms with Gasteiger partial charge in [0.25, 0.3) is 0 Å². The molecule has 0 aromatic rings. The van der Waals surface area contributed by atoms with E-state index < -0.39 is 9.12 Å². The van der Waals surface area contributed by atoms with Crippen molar-refractivity contribution in [3.63, 3.8) is 0 Å². The summed E-state index contributed by atoms with van der Waals surface area (Å²) in [5, 5.41) is 0. The maximum absolute atomic E-state index is 2.58. The Morgan fingerprint density at radius 2 is 1.00 bits per heavy atom. The standard InChI is InChI=1S/C9H23N2Si/c1-6-10(7-2)12(5)11(8-3)9-4/h6-9H2,1-5H3. The van der Waals surface area contributed by atoms with E-state index in [0.29, 0.717) is 0 Å². The SMILES string of the molecule is CCN(CC)[Si](C)N(CC)CC. The van der Waals surface area contributed by atoms with Crippen molar-refractivity contribution in [3.05, 3.63) is 0 Å². The summed E-state index contributed by atoms with van der Waals surface area (Å²) in [6, 6.07) is 0. The monoisotopic (exact) mass is 187 g/mol. The van der Waals surface area contributed by atoms with Crippen LogP contribution in [0.4, 0.5) is 0 Å². The van der Waals surface area contributed by atoms with Gasteiger partial charge in [0.1, 0.15) is 0 Å². The van der Waals surface area contributed by atoms with Crippen molar-refractivity contribution >= 4 is 9.12 Å². The highest BCUT2D eigenvalue weighted by molar-refractivity contribution is 6.51. The van der Waals surface area contributed by atoms with Gasteiger partial charge in [-0.15, -0.1) is 0 Å². The molecule has 0 unspecified atom stereocenters. The lowest BCUT2D eigenvalue weighted by Crippen LogP contribution is -2.50. The molecule has 12 heavy (non-hydrogen) atoms. The Morgan fingerprint density at radius 3 is 1.17 bits per heavy atom. The van der Waals surface area contributed by atoms with Gasteiger partial charge in [0, 0.05) is 0 Å². The third kappa shape index (κ3) is 3.25. The van der Waals surface area contributed by atoms with Gasteiger partial charge < -0.3 is 9.13 Å². The smallest absolute Gasteiger partial charge is 0.226 e. The van der Waals surface area contributed by atoms with Crippen molar-refractivity contribution in [3.8, 4) is 0 Å². The highest BCUT2D eigenvalue weighted by Crippen LogP contribution is 2.00. The molecule has 0 N–H and O–H groups in total. The maximum atomic E-state index is 2.58. The third-order valence-corrected chi connectivity index (χ3v) is 5.54. The molecule has 0 bridgehead atoms. The molecule has 3 heteroatoms. The van der Waals surface area contributed by atoms with Gasteiger partial charge in [-0.1, -0.05) is 27.7 Å². The topological polar surface area (TPSA) is 6.48 Å². The largest absolute Gasteiger partial charge is 0.312 e. The van der Waals surface area contributed by atoms with Gasteiger partial charge in [-0.05, 0) is 32.7 Å². The first-order chi connectivity index (χ1) is 5.71. The van der Waals surface area contributed by atoms with Gasteiger partial charge in [0.15, 0.2) is 0 Å². The summed E-state index contributed by atoms with van der Waals surface area (Å²) in [5.41, 5.74) is 0. The first kappa shape index (κ1) is 12.1. The molecule has 0 spiro atoms. The Morgan fingerprint density at radius 1 is 0.750 bits per heavy atom. The summed E-state index contributed by atoms with van der Waals surface area (Å²) in [5.74, 6) is 0. The fourth-order valence-corrected chi connectivity index (χ4v) is 3.79. The zero-order chi connectivity index (χ0) is 9.56. The Labute approximate surface area is 79.3 Å². The molecule has 0 aliphatic rings. The van der Waals surface area contributed by atoms with Crippen LogP contribution in [0, 0.1) is 0 Å². The molecule has 0 heterocycles. The Hall–Kier alpha value is 0.137. The van der Waals surface area contributed by atoms with Gasteiger partial charge in [0.05, 0.1) is 0 Å². The van der Waals surface area contributed by atoms with E-state index in [-0.39, 0.29) is 0 Å². The van der Waals surface area contributed by atoms with Crippen LogP contribution in [-0.2, 0) is 0 Å². The summed E-state index contributed by atoms with van der Waals surface area (Å²) in [6.07, 6.45) is 0. The zero-order valence-corrected chi connectivity index (χ0v) is 10.2. The number of hydrogen-bond donors (Lipinski definition) is 0. The lowest BCUT2D eigenvalue weighted by molar-refractivity contribution is 0.383. The van der Waals surface area contributed by atoms with Gasteiger partial charge in [0.2, 0.25) is 9.12 Å². The van der Waals surface area contributed by atoms with E-state index in [9.17, 15) is 0 Å². The van der Waals surface area contributed by atoms with E-state index >= 15 is 0 Å². The van der Waals surface area contributed by atoms with Crippen LogP contribution in [0.3, 0.4) is 0 Å². The summed E-state index contributed by atoms with van der Waals surface area (Å²) in [6.45, 7) is 16.2. The van der Waals surface area contributed by atoms with Gasteiger partial charge in [-0.25, -0.2) is 0 Å². The van der Waals surface area contributed by atoms with Crippen molar-refractivity contribution in [2.24, 2.45) is 0 Å². The molecule has 0 rings (SSSR count). The van der Waals surface area contributed by atoms with Crippen LogP contribution in [0.25, 0.3) is 0 Å². The first-order valence-electron chi connectivity index (χ1n) is 5.04. The van der Waals surface area contributed by atoms with E-state index in [1.54, 1.807) is 0 Å². The van der Waals surface area contributed by atoms with Crippen molar-refractivity contribution < 1.29 is 0 Å². The Kier molecular flexibility index (Phi) is 6.71. The van der Waals surface area contributed by atoms with Crippen LogP contribution in [0.5, 0.6) is 0 Å². The molecule has 0 aliphatic heterocycles. The van der Waals surface area contributed by atoms with Gasteiger partial charge in [-0.3, -0.25) is 0 Å². The molecular formula is C9H23N2Si. The van der Waals surface area contributed by atoms with Crippen LogP contribution >= 0.6 is 0 Å². The van der Waals surface area contributed by atoms with Crippen LogP contribution in [0.1, 0.15) is 27.7 Å². The third-order valence-electron chi connectivity index (χ3n) is 2.44. The summed E-state index contributed by atoms with van der Waals surface area (Å²) in [7, 11) is -0.403. The molecule has 0 saturated heterocycles. The molecule has 0 saturated carbocycles. The fraction of sp³-hybridized carbons (Fsp3) is 1.00. The Bertz CT molecular complexity index is 88.7. The van der Waals surface area contributed by atoms with E-state index in [2.05, 4.69) is 43.4 Å². The second-order valence-electron chi connectivity index (χ2n) is 2.89. The highest BCUT2D eigenvalue weighted by atomic mass is 28.3.